The van der Waals surface area contributed by atoms with Gasteiger partial charge in [-0.25, -0.2) is 0 Å². The average Bonchev–Trinajstić information content (AvgIpc) is 2.29. The van der Waals surface area contributed by atoms with E-state index >= 15 is 0 Å². The highest BCUT2D eigenvalue weighted by Crippen LogP contribution is 2.21. The van der Waals surface area contributed by atoms with Gasteiger partial charge in [0.25, 0.3) is 0 Å². The first kappa shape index (κ1) is 7.42. The third-order valence-corrected chi connectivity index (χ3v) is 2.80. The standard InChI is InChI=1S/C13H19NO/c1-13(15)8-5-9-14(11-13)10-12-6-3-2-4-7-12/h2-4,6-7,15H,5,8-11H2,1H3/i1D3. The van der Waals surface area contributed by atoms with Crippen molar-refractivity contribution in [2.45, 2.75) is 31.8 Å². The molecule has 0 radical (unpaired) electrons. The molecule has 15 heavy (non-hydrogen) atoms. The lowest BCUT2D eigenvalue weighted by molar-refractivity contribution is -0.0181. The molecule has 1 heterocycles. The molecule has 1 aliphatic rings. The van der Waals surface area contributed by atoms with E-state index in [1.165, 1.54) is 0 Å². The lowest BCUT2D eigenvalue weighted by Crippen LogP contribution is -2.45. The van der Waals surface area contributed by atoms with Gasteiger partial charge in [0.05, 0.1) is 5.60 Å². The third-order valence-electron chi connectivity index (χ3n) is 2.80. The number of hydrogen-bond acceptors (Lipinski definition) is 2. The molecule has 0 bridgehead atoms. The fourth-order valence-electron chi connectivity index (χ4n) is 2.10. The molecule has 1 aromatic rings. The Morgan fingerprint density at radius 3 is 3.00 bits per heavy atom. The van der Waals surface area contributed by atoms with E-state index in [-0.39, 0.29) is 6.54 Å². The minimum Gasteiger partial charge on any atom is -0.389 e. The van der Waals surface area contributed by atoms with Crippen molar-refractivity contribution < 1.29 is 9.22 Å². The van der Waals surface area contributed by atoms with Gasteiger partial charge >= 0.3 is 0 Å². The van der Waals surface area contributed by atoms with Gasteiger partial charge in [0.2, 0.25) is 0 Å². The second-order valence-electron chi connectivity index (χ2n) is 4.33. The topological polar surface area (TPSA) is 23.5 Å². The highest BCUT2D eigenvalue weighted by Gasteiger charge is 2.27. The Bertz CT molecular complexity index is 393. The van der Waals surface area contributed by atoms with Crippen molar-refractivity contribution in [2.75, 3.05) is 13.1 Å². The van der Waals surface area contributed by atoms with Crippen molar-refractivity contribution in [3.8, 4) is 0 Å². The lowest BCUT2D eigenvalue weighted by atomic mass is 9.95. The second-order valence-corrected chi connectivity index (χ2v) is 4.33. The van der Waals surface area contributed by atoms with E-state index in [9.17, 15) is 5.11 Å². The Morgan fingerprint density at radius 2 is 2.27 bits per heavy atom. The highest BCUT2D eigenvalue weighted by molar-refractivity contribution is 5.14. The molecule has 1 atom stereocenters. The Labute approximate surface area is 95.7 Å². The van der Waals surface area contributed by atoms with E-state index in [2.05, 4.69) is 0 Å². The van der Waals surface area contributed by atoms with Crippen LogP contribution in [0.15, 0.2) is 30.3 Å². The van der Waals surface area contributed by atoms with Crippen molar-refractivity contribution in [3.05, 3.63) is 35.9 Å². The summed E-state index contributed by atoms with van der Waals surface area (Å²) in [5, 5.41) is 10.3. The van der Waals surface area contributed by atoms with E-state index in [0.717, 1.165) is 18.5 Å². The molecule has 1 saturated heterocycles. The van der Waals surface area contributed by atoms with Gasteiger partial charge in [-0.15, -0.1) is 0 Å². The second kappa shape index (κ2) is 4.33. The van der Waals surface area contributed by atoms with Gasteiger partial charge in [-0.1, -0.05) is 30.3 Å². The van der Waals surface area contributed by atoms with Gasteiger partial charge in [0.15, 0.2) is 0 Å². The summed E-state index contributed by atoms with van der Waals surface area (Å²) in [6, 6.07) is 9.93. The van der Waals surface area contributed by atoms with Crippen LogP contribution in [0.2, 0.25) is 0 Å². The fourth-order valence-corrected chi connectivity index (χ4v) is 2.10. The van der Waals surface area contributed by atoms with Crippen LogP contribution in [0.4, 0.5) is 0 Å². The third kappa shape index (κ3) is 3.05. The SMILES string of the molecule is [2H]C([2H])([2H])C1(O)CCCN(Cc2ccccc2)C1. The van der Waals surface area contributed by atoms with E-state index in [4.69, 9.17) is 4.11 Å². The van der Waals surface area contributed by atoms with Gasteiger partial charge in [0, 0.05) is 17.2 Å². The number of nitrogens with zero attached hydrogens (tertiary/aromatic N) is 1. The van der Waals surface area contributed by atoms with Crippen LogP contribution in [-0.4, -0.2) is 28.7 Å². The number of β-amino-alcohol motifs (C(OH)–C–C–N with tert-alkyl or cyclic N) is 1. The van der Waals surface area contributed by atoms with E-state index < -0.39 is 12.5 Å². The Balaban J connectivity index is 2.04. The van der Waals surface area contributed by atoms with Crippen molar-refractivity contribution in [3.63, 3.8) is 0 Å². The van der Waals surface area contributed by atoms with Crippen LogP contribution in [0.3, 0.4) is 0 Å². The molecule has 0 amide bonds. The maximum Gasteiger partial charge on any atom is 0.0746 e. The van der Waals surface area contributed by atoms with Crippen molar-refractivity contribution in [1.29, 1.82) is 0 Å². The smallest absolute Gasteiger partial charge is 0.0746 e. The number of hydrogen-bond donors (Lipinski definition) is 1. The quantitative estimate of drug-likeness (QED) is 0.804. The summed E-state index contributed by atoms with van der Waals surface area (Å²) >= 11 is 0. The maximum atomic E-state index is 10.3. The van der Waals surface area contributed by atoms with Gasteiger partial charge in [0.1, 0.15) is 0 Å². The van der Waals surface area contributed by atoms with E-state index in [1.54, 1.807) is 0 Å². The average molecular weight is 208 g/mol. The van der Waals surface area contributed by atoms with Crippen LogP contribution < -0.4 is 0 Å². The molecule has 0 aliphatic carbocycles. The molecule has 2 nitrogen and oxygen atoms in total. The lowest BCUT2D eigenvalue weighted by Gasteiger charge is -2.36. The number of piperidine rings is 1. The first-order valence-corrected chi connectivity index (χ1v) is 5.39. The number of rotatable bonds is 2. The van der Waals surface area contributed by atoms with Crippen molar-refractivity contribution >= 4 is 0 Å². The number of benzene rings is 1. The monoisotopic (exact) mass is 208 g/mol. The Morgan fingerprint density at radius 1 is 1.47 bits per heavy atom. The number of likely N-dealkylation sites (tertiary alicyclic amines) is 1. The molecule has 1 N–H and O–H groups in total. The van der Waals surface area contributed by atoms with Gasteiger partial charge in [-0.05, 0) is 31.8 Å². The minimum absolute atomic E-state index is 0.221. The molecule has 0 aromatic heterocycles. The van der Waals surface area contributed by atoms with E-state index in [0.29, 0.717) is 13.0 Å². The first-order valence-electron chi connectivity index (χ1n) is 6.89. The van der Waals surface area contributed by atoms with Gasteiger partial charge < -0.3 is 5.11 Å². The van der Waals surface area contributed by atoms with Crippen molar-refractivity contribution in [2.24, 2.45) is 0 Å². The summed E-state index contributed by atoms with van der Waals surface area (Å²) in [4.78, 5) is 2.02. The molecule has 1 unspecified atom stereocenters. The molecule has 1 aliphatic heterocycles. The molecular weight excluding hydrogens is 186 g/mol. The van der Waals surface area contributed by atoms with Gasteiger partial charge in [-0.2, -0.15) is 0 Å². The molecule has 82 valence electrons. The predicted molar refractivity (Wildman–Crippen MR) is 61.6 cm³/mol. The largest absolute Gasteiger partial charge is 0.389 e. The Kier molecular flexibility index (Phi) is 2.14. The summed E-state index contributed by atoms with van der Waals surface area (Å²) < 4.78 is 22.3. The minimum atomic E-state index is -2.30. The normalized spacial score (nSPS) is 31.7. The summed E-state index contributed by atoms with van der Waals surface area (Å²) in [6.45, 7) is -0.548. The summed E-state index contributed by atoms with van der Waals surface area (Å²) in [6.07, 6.45) is 1.08. The van der Waals surface area contributed by atoms with Crippen molar-refractivity contribution in [1.82, 2.24) is 4.90 Å². The summed E-state index contributed by atoms with van der Waals surface area (Å²) in [5.41, 5.74) is -0.410. The molecule has 0 saturated carbocycles. The molecule has 0 spiro atoms. The number of aliphatic hydroxyl groups is 1. The predicted octanol–water partition coefficient (Wildman–Crippen LogP) is 2.03. The molecule has 1 aromatic carbocycles. The summed E-state index contributed by atoms with van der Waals surface area (Å²) in [5.74, 6) is 0. The molecule has 2 rings (SSSR count). The zero-order valence-corrected chi connectivity index (χ0v) is 8.82. The van der Waals surface area contributed by atoms with Crippen LogP contribution >= 0.6 is 0 Å². The zero-order chi connectivity index (χ0) is 13.2. The Hall–Kier alpha value is -0.860. The maximum absolute atomic E-state index is 10.3. The zero-order valence-electron chi connectivity index (χ0n) is 11.8. The summed E-state index contributed by atoms with van der Waals surface area (Å²) in [7, 11) is 0. The first-order chi connectivity index (χ1) is 8.41. The van der Waals surface area contributed by atoms with Crippen LogP contribution in [-0.2, 0) is 6.54 Å². The molecule has 2 heteroatoms. The highest BCUT2D eigenvalue weighted by atomic mass is 16.3. The van der Waals surface area contributed by atoms with Gasteiger partial charge in [-0.3, -0.25) is 4.90 Å². The van der Waals surface area contributed by atoms with Crippen LogP contribution in [0.25, 0.3) is 0 Å². The fraction of sp³-hybridized carbons (Fsp3) is 0.538. The van der Waals surface area contributed by atoms with E-state index in [1.807, 2.05) is 35.2 Å². The van der Waals surface area contributed by atoms with Crippen LogP contribution in [0, 0.1) is 0 Å². The molecular formula is C13H19NO. The van der Waals surface area contributed by atoms with Crippen LogP contribution in [0.5, 0.6) is 0 Å². The van der Waals surface area contributed by atoms with Crippen LogP contribution in [0.1, 0.15) is 29.4 Å². The molecule has 1 fully saturated rings.